The molecule has 2 aromatic rings. The topological polar surface area (TPSA) is 36.4 Å². The molecule has 4 nitrogen and oxygen atoms in total. The van der Waals surface area contributed by atoms with Crippen LogP contribution in [0.5, 0.6) is 0 Å². The van der Waals surface area contributed by atoms with E-state index >= 15 is 0 Å². The summed E-state index contributed by atoms with van der Waals surface area (Å²) in [6.45, 7) is 4.41. The Labute approximate surface area is 168 Å². The summed E-state index contributed by atoms with van der Waals surface area (Å²) in [5.74, 6) is -0.106. The fraction of sp³-hybridized carbons (Fsp3) is 0.190. The SMILES string of the molecule is CN1/C(=C\C=C2\SC(=S)N(c3cccnc3)C2=O)C(C)(C)c2ccccc21. The van der Waals surface area contributed by atoms with E-state index in [2.05, 4.69) is 49.0 Å². The van der Waals surface area contributed by atoms with E-state index in [0.717, 1.165) is 5.70 Å². The number of hydrogen-bond donors (Lipinski definition) is 0. The highest BCUT2D eigenvalue weighted by Gasteiger charge is 2.38. The van der Waals surface area contributed by atoms with Crippen LogP contribution in [0.15, 0.2) is 71.5 Å². The second-order valence-electron chi connectivity index (χ2n) is 7.00. The van der Waals surface area contributed by atoms with E-state index < -0.39 is 0 Å². The predicted molar refractivity (Wildman–Crippen MR) is 116 cm³/mol. The molecule has 0 unspecified atom stereocenters. The zero-order valence-electron chi connectivity index (χ0n) is 15.3. The highest BCUT2D eigenvalue weighted by molar-refractivity contribution is 8.27. The number of amides is 1. The van der Waals surface area contributed by atoms with Crippen LogP contribution in [-0.4, -0.2) is 22.3 Å². The molecule has 0 saturated carbocycles. The molecule has 6 heteroatoms. The van der Waals surface area contributed by atoms with Gasteiger partial charge in [0, 0.05) is 30.0 Å². The predicted octanol–water partition coefficient (Wildman–Crippen LogP) is 4.64. The van der Waals surface area contributed by atoms with E-state index in [-0.39, 0.29) is 11.3 Å². The summed E-state index contributed by atoms with van der Waals surface area (Å²) in [4.78, 5) is 21.3. The molecule has 1 amide bonds. The number of thioether (sulfide) groups is 1. The van der Waals surface area contributed by atoms with Crippen LogP contribution in [0.2, 0.25) is 0 Å². The van der Waals surface area contributed by atoms with Crippen molar-refractivity contribution in [3.8, 4) is 0 Å². The number of allylic oxidation sites excluding steroid dienone is 3. The van der Waals surface area contributed by atoms with Gasteiger partial charge in [0.1, 0.15) is 0 Å². The van der Waals surface area contributed by atoms with Crippen molar-refractivity contribution in [2.45, 2.75) is 19.3 Å². The number of pyridine rings is 1. The number of benzene rings is 1. The molecule has 1 saturated heterocycles. The number of aromatic nitrogens is 1. The summed E-state index contributed by atoms with van der Waals surface area (Å²) in [6.07, 6.45) is 7.25. The molecule has 1 fully saturated rings. The molecule has 1 aromatic carbocycles. The standard InChI is InChI=1S/C21H19N3OS2/c1-21(2)15-8-4-5-9-16(15)23(3)18(21)11-10-17-19(25)24(20(26)27-17)14-7-6-12-22-13-14/h4-13H,1-3H3/b17-10+,18-11-. The van der Waals surface area contributed by atoms with E-state index in [1.54, 1.807) is 18.5 Å². The van der Waals surface area contributed by atoms with Crippen LogP contribution >= 0.6 is 24.0 Å². The minimum atomic E-state index is -0.127. The summed E-state index contributed by atoms with van der Waals surface area (Å²) in [7, 11) is 2.06. The Bertz CT molecular complexity index is 995. The zero-order chi connectivity index (χ0) is 19.2. The van der Waals surface area contributed by atoms with Crippen LogP contribution in [0.4, 0.5) is 11.4 Å². The van der Waals surface area contributed by atoms with Gasteiger partial charge in [0.05, 0.1) is 16.8 Å². The first-order chi connectivity index (χ1) is 12.9. The summed E-state index contributed by atoms with van der Waals surface area (Å²) >= 11 is 6.74. The number of thiocarbonyl (C=S) groups is 1. The Morgan fingerprint density at radius 2 is 1.93 bits per heavy atom. The third kappa shape index (κ3) is 2.89. The largest absolute Gasteiger partial charge is 0.347 e. The number of rotatable bonds is 2. The highest BCUT2D eigenvalue weighted by atomic mass is 32.2. The van der Waals surface area contributed by atoms with E-state index in [9.17, 15) is 4.79 Å². The Morgan fingerprint density at radius 1 is 1.15 bits per heavy atom. The molecule has 0 bridgehead atoms. The molecule has 2 aliphatic heterocycles. The Kier molecular flexibility index (Phi) is 4.40. The van der Waals surface area contributed by atoms with E-state index in [1.807, 2.05) is 24.3 Å². The lowest BCUT2D eigenvalue weighted by atomic mass is 9.84. The maximum absolute atomic E-state index is 12.9. The number of carbonyl (C=O) groups is 1. The van der Waals surface area contributed by atoms with Crippen LogP contribution in [0.25, 0.3) is 0 Å². The fourth-order valence-electron chi connectivity index (χ4n) is 3.65. The Hall–Kier alpha value is -2.44. The van der Waals surface area contributed by atoms with E-state index in [4.69, 9.17) is 12.2 Å². The molecule has 136 valence electrons. The minimum Gasteiger partial charge on any atom is -0.347 e. The second-order valence-corrected chi connectivity index (χ2v) is 8.68. The highest BCUT2D eigenvalue weighted by Crippen LogP contribution is 2.46. The average molecular weight is 394 g/mol. The maximum Gasteiger partial charge on any atom is 0.270 e. The van der Waals surface area contributed by atoms with E-state index in [0.29, 0.717) is 14.9 Å². The third-order valence-electron chi connectivity index (χ3n) is 5.03. The van der Waals surface area contributed by atoms with Gasteiger partial charge in [-0.15, -0.1) is 0 Å². The first-order valence-corrected chi connectivity index (χ1v) is 9.85. The minimum absolute atomic E-state index is 0.106. The van der Waals surface area contributed by atoms with Crippen LogP contribution in [0, 0.1) is 0 Å². The van der Waals surface area contributed by atoms with Crippen molar-refractivity contribution in [1.82, 2.24) is 4.98 Å². The molecule has 0 radical (unpaired) electrons. The zero-order valence-corrected chi connectivity index (χ0v) is 17.0. The van der Waals surface area contributed by atoms with Crippen molar-refractivity contribution in [2.24, 2.45) is 0 Å². The molecular weight excluding hydrogens is 374 g/mol. The maximum atomic E-state index is 12.9. The molecule has 0 aliphatic carbocycles. The van der Waals surface area contributed by atoms with Crippen molar-refractivity contribution in [2.75, 3.05) is 16.8 Å². The number of fused-ring (bicyclic) bond motifs is 1. The van der Waals surface area contributed by atoms with Gasteiger partial charge in [-0.25, -0.2) is 0 Å². The lowest BCUT2D eigenvalue weighted by Crippen LogP contribution is -2.27. The smallest absolute Gasteiger partial charge is 0.270 e. The molecule has 27 heavy (non-hydrogen) atoms. The van der Waals surface area contributed by atoms with Gasteiger partial charge in [-0.1, -0.05) is 56.0 Å². The van der Waals surface area contributed by atoms with Crippen molar-refractivity contribution < 1.29 is 4.79 Å². The summed E-state index contributed by atoms with van der Waals surface area (Å²) in [6, 6.07) is 12.0. The molecule has 3 heterocycles. The fourth-order valence-corrected chi connectivity index (χ4v) is 4.89. The first-order valence-electron chi connectivity index (χ1n) is 8.63. The normalized spacial score (nSPS) is 21.4. The Morgan fingerprint density at radius 3 is 2.63 bits per heavy atom. The molecular formula is C21H19N3OS2. The van der Waals surface area contributed by atoms with Gasteiger partial charge in [-0.2, -0.15) is 0 Å². The van der Waals surface area contributed by atoms with Gasteiger partial charge < -0.3 is 4.90 Å². The summed E-state index contributed by atoms with van der Waals surface area (Å²) in [5.41, 5.74) is 4.20. The Balaban J connectivity index is 1.67. The van der Waals surface area contributed by atoms with Crippen molar-refractivity contribution in [3.63, 3.8) is 0 Å². The summed E-state index contributed by atoms with van der Waals surface area (Å²) < 4.78 is 0.528. The number of hydrogen-bond acceptors (Lipinski definition) is 5. The van der Waals surface area contributed by atoms with Gasteiger partial charge >= 0.3 is 0 Å². The van der Waals surface area contributed by atoms with Gasteiger partial charge in [-0.05, 0) is 35.9 Å². The lowest BCUT2D eigenvalue weighted by Gasteiger charge is -2.23. The molecule has 0 N–H and O–H groups in total. The van der Waals surface area contributed by atoms with Crippen LogP contribution in [0.3, 0.4) is 0 Å². The lowest BCUT2D eigenvalue weighted by molar-refractivity contribution is -0.113. The number of nitrogens with zero attached hydrogens (tertiary/aromatic N) is 3. The third-order valence-corrected chi connectivity index (χ3v) is 6.35. The number of para-hydroxylation sites is 1. The molecule has 1 aromatic heterocycles. The van der Waals surface area contributed by atoms with Gasteiger partial charge in [-0.3, -0.25) is 14.7 Å². The van der Waals surface area contributed by atoms with Crippen LogP contribution in [0.1, 0.15) is 19.4 Å². The van der Waals surface area contributed by atoms with Gasteiger partial charge in [0.15, 0.2) is 4.32 Å². The molecule has 0 spiro atoms. The van der Waals surface area contributed by atoms with Crippen molar-refractivity contribution in [3.05, 3.63) is 77.1 Å². The van der Waals surface area contributed by atoms with Crippen molar-refractivity contribution >= 4 is 45.6 Å². The monoisotopic (exact) mass is 393 g/mol. The quantitative estimate of drug-likeness (QED) is 0.549. The van der Waals surface area contributed by atoms with Crippen LogP contribution < -0.4 is 9.80 Å². The number of likely N-dealkylation sites (N-methyl/N-ethyl adjacent to an activating group) is 1. The van der Waals surface area contributed by atoms with E-state index in [1.165, 1.54) is 27.9 Å². The molecule has 4 rings (SSSR count). The molecule has 2 aliphatic rings. The second kappa shape index (κ2) is 6.62. The summed E-state index contributed by atoms with van der Waals surface area (Å²) in [5, 5.41) is 0. The average Bonchev–Trinajstić information content (AvgIpc) is 3.05. The van der Waals surface area contributed by atoms with Crippen LogP contribution in [-0.2, 0) is 10.2 Å². The van der Waals surface area contributed by atoms with Crippen molar-refractivity contribution in [1.29, 1.82) is 0 Å². The first kappa shape index (κ1) is 17.9. The van der Waals surface area contributed by atoms with Gasteiger partial charge in [0.25, 0.3) is 5.91 Å². The van der Waals surface area contributed by atoms with Gasteiger partial charge in [0.2, 0.25) is 0 Å². The molecule has 0 atom stereocenters. The number of carbonyl (C=O) groups excluding carboxylic acids is 1. The number of anilines is 2.